The molecule has 3 aromatic rings. The Hall–Kier alpha value is -3.36. The number of nitrogens with zero attached hydrogens (tertiary/aromatic N) is 4. The highest BCUT2D eigenvalue weighted by atomic mass is 19.1. The van der Waals surface area contributed by atoms with E-state index in [0.29, 0.717) is 43.2 Å². The Bertz CT molecular complexity index is 1030. The lowest BCUT2D eigenvalue weighted by Crippen LogP contribution is -2.39. The fourth-order valence-electron chi connectivity index (χ4n) is 3.23. The van der Waals surface area contributed by atoms with Gasteiger partial charge in [0.2, 0.25) is 0 Å². The van der Waals surface area contributed by atoms with Gasteiger partial charge in [0, 0.05) is 31.3 Å². The molecule has 0 aliphatic carbocycles. The average Bonchev–Trinajstić information content (AvgIpc) is 3.19. The van der Waals surface area contributed by atoms with E-state index < -0.39 is 17.7 Å². The first-order valence-electron chi connectivity index (χ1n) is 9.18. The molecule has 1 aliphatic rings. The lowest BCUT2D eigenvalue weighted by molar-refractivity contribution is 0.137. The maximum Gasteiger partial charge on any atom is 0.415 e. The van der Waals surface area contributed by atoms with Crippen LogP contribution in [0.15, 0.2) is 41.1 Å². The zero-order valence-corrected chi connectivity index (χ0v) is 15.6. The van der Waals surface area contributed by atoms with Crippen LogP contribution in [0.25, 0.3) is 11.5 Å². The van der Waals surface area contributed by atoms with Gasteiger partial charge in [0.15, 0.2) is 11.6 Å². The Morgan fingerprint density at radius 3 is 2.76 bits per heavy atom. The van der Waals surface area contributed by atoms with Crippen LogP contribution in [0.4, 0.5) is 13.6 Å². The van der Waals surface area contributed by atoms with Crippen LogP contribution in [0.5, 0.6) is 5.75 Å². The molecule has 1 aliphatic heterocycles. The third-order valence-corrected chi connectivity index (χ3v) is 4.88. The number of amides is 1. The number of rotatable bonds is 3. The first kappa shape index (κ1) is 19.0. The molecule has 1 aromatic carbocycles. The molecule has 0 N–H and O–H groups in total. The van der Waals surface area contributed by atoms with Crippen molar-refractivity contribution in [3.63, 3.8) is 0 Å². The molecule has 0 unspecified atom stereocenters. The molecular weight excluding hydrogens is 382 g/mol. The first-order chi connectivity index (χ1) is 14.0. The van der Waals surface area contributed by atoms with E-state index in [1.165, 1.54) is 6.07 Å². The quantitative estimate of drug-likeness (QED) is 0.659. The van der Waals surface area contributed by atoms with E-state index in [0.717, 1.165) is 12.1 Å². The number of hydrogen-bond donors (Lipinski definition) is 0. The zero-order valence-electron chi connectivity index (χ0n) is 15.6. The summed E-state index contributed by atoms with van der Waals surface area (Å²) in [6, 6.07) is 6.58. The van der Waals surface area contributed by atoms with Crippen molar-refractivity contribution in [1.82, 2.24) is 20.0 Å². The summed E-state index contributed by atoms with van der Waals surface area (Å²) >= 11 is 0. The van der Waals surface area contributed by atoms with E-state index in [-0.39, 0.29) is 17.4 Å². The van der Waals surface area contributed by atoms with Gasteiger partial charge in [-0.15, -0.1) is 0 Å². The fraction of sp³-hybridized carbons (Fsp3) is 0.300. The summed E-state index contributed by atoms with van der Waals surface area (Å²) in [6.07, 6.45) is 2.44. The molecule has 0 saturated carbocycles. The fourth-order valence-corrected chi connectivity index (χ4v) is 3.23. The SMILES string of the molecule is Cc1ncccc1OC(=O)N1CCC(c2noc(-c3ccc(F)cc3F)n2)CC1. The van der Waals surface area contributed by atoms with Crippen LogP contribution in [0.1, 0.15) is 30.3 Å². The number of carbonyl (C=O) groups excluding carboxylic acids is 1. The molecule has 1 amide bonds. The maximum atomic E-state index is 13.9. The zero-order chi connectivity index (χ0) is 20.4. The number of likely N-dealkylation sites (tertiary alicyclic amines) is 1. The van der Waals surface area contributed by atoms with E-state index in [9.17, 15) is 13.6 Å². The highest BCUT2D eigenvalue weighted by molar-refractivity contribution is 5.71. The molecule has 1 saturated heterocycles. The second kappa shape index (κ2) is 7.94. The average molecular weight is 400 g/mol. The standard InChI is InChI=1S/C20H18F2N4O3/c1-12-17(3-2-8-23-12)28-20(27)26-9-6-13(7-10-26)18-24-19(29-25-18)15-5-4-14(21)11-16(15)22/h2-5,8,11,13H,6-7,9-10H2,1H3. The number of halogens is 2. The van der Waals surface area contributed by atoms with Gasteiger partial charge < -0.3 is 14.2 Å². The summed E-state index contributed by atoms with van der Waals surface area (Å²) in [4.78, 5) is 22.3. The third-order valence-electron chi connectivity index (χ3n) is 4.88. The topological polar surface area (TPSA) is 81.4 Å². The van der Waals surface area contributed by atoms with Gasteiger partial charge in [-0.3, -0.25) is 4.98 Å². The largest absolute Gasteiger partial charge is 0.415 e. The van der Waals surface area contributed by atoms with Crippen molar-refractivity contribution >= 4 is 6.09 Å². The highest BCUT2D eigenvalue weighted by Gasteiger charge is 2.28. The van der Waals surface area contributed by atoms with Crippen molar-refractivity contribution < 1.29 is 22.8 Å². The summed E-state index contributed by atoms with van der Waals surface area (Å²) in [6.45, 7) is 2.71. The van der Waals surface area contributed by atoms with E-state index >= 15 is 0 Å². The molecule has 1 fully saturated rings. The number of hydrogen-bond acceptors (Lipinski definition) is 6. The van der Waals surface area contributed by atoms with Gasteiger partial charge in [-0.25, -0.2) is 13.6 Å². The van der Waals surface area contributed by atoms with Gasteiger partial charge in [-0.2, -0.15) is 4.98 Å². The third kappa shape index (κ3) is 4.08. The number of piperidine rings is 1. The van der Waals surface area contributed by atoms with Gasteiger partial charge in [-0.05, 0) is 44.0 Å². The molecule has 9 heteroatoms. The van der Waals surface area contributed by atoms with E-state index in [1.54, 1.807) is 30.2 Å². The Balaban J connectivity index is 1.38. The summed E-state index contributed by atoms with van der Waals surface area (Å²) in [5.74, 6) is -0.578. The van der Waals surface area contributed by atoms with Crippen LogP contribution in [-0.4, -0.2) is 39.2 Å². The molecule has 7 nitrogen and oxygen atoms in total. The van der Waals surface area contributed by atoms with Crippen molar-refractivity contribution in [3.05, 3.63) is 59.7 Å². The molecule has 2 aromatic heterocycles. The monoisotopic (exact) mass is 400 g/mol. The van der Waals surface area contributed by atoms with Gasteiger partial charge >= 0.3 is 6.09 Å². The van der Waals surface area contributed by atoms with Crippen molar-refractivity contribution in [1.29, 1.82) is 0 Å². The Morgan fingerprint density at radius 2 is 2.03 bits per heavy atom. The van der Waals surface area contributed by atoms with E-state index in [4.69, 9.17) is 9.26 Å². The predicted molar refractivity (Wildman–Crippen MR) is 98.2 cm³/mol. The maximum absolute atomic E-state index is 13.9. The van der Waals surface area contributed by atoms with Gasteiger partial charge in [0.25, 0.3) is 5.89 Å². The molecular formula is C20H18F2N4O3. The predicted octanol–water partition coefficient (Wildman–Crippen LogP) is 4.10. The van der Waals surface area contributed by atoms with Crippen LogP contribution in [-0.2, 0) is 0 Å². The lowest BCUT2D eigenvalue weighted by Gasteiger charge is -2.29. The molecule has 0 spiro atoms. The van der Waals surface area contributed by atoms with E-state index in [2.05, 4.69) is 15.1 Å². The molecule has 150 valence electrons. The van der Waals surface area contributed by atoms with Crippen molar-refractivity contribution in [2.75, 3.05) is 13.1 Å². The van der Waals surface area contributed by atoms with Crippen LogP contribution in [0.3, 0.4) is 0 Å². The van der Waals surface area contributed by atoms with E-state index in [1.807, 2.05) is 0 Å². The summed E-state index contributed by atoms with van der Waals surface area (Å²) in [7, 11) is 0. The molecule has 0 atom stereocenters. The van der Waals surface area contributed by atoms with Crippen molar-refractivity contribution in [3.8, 4) is 17.2 Å². The molecule has 0 bridgehead atoms. The van der Waals surface area contributed by atoms with Gasteiger partial charge in [0.1, 0.15) is 11.6 Å². The smallest absolute Gasteiger partial charge is 0.408 e. The molecule has 29 heavy (non-hydrogen) atoms. The van der Waals surface area contributed by atoms with Crippen LogP contribution >= 0.6 is 0 Å². The van der Waals surface area contributed by atoms with Gasteiger partial charge in [0.05, 0.1) is 11.3 Å². The summed E-state index contributed by atoms with van der Waals surface area (Å²) in [5, 5.41) is 3.94. The minimum Gasteiger partial charge on any atom is -0.408 e. The lowest BCUT2D eigenvalue weighted by atomic mass is 9.96. The van der Waals surface area contributed by atoms with Crippen molar-refractivity contribution in [2.45, 2.75) is 25.7 Å². The number of benzene rings is 1. The second-order valence-corrected chi connectivity index (χ2v) is 6.80. The second-order valence-electron chi connectivity index (χ2n) is 6.80. The van der Waals surface area contributed by atoms with Crippen LogP contribution < -0.4 is 4.74 Å². The Labute approximate surface area is 165 Å². The summed E-state index contributed by atoms with van der Waals surface area (Å²) in [5.41, 5.74) is 0.695. The number of aromatic nitrogens is 3. The number of aryl methyl sites for hydroxylation is 1. The number of ether oxygens (including phenoxy) is 1. The van der Waals surface area contributed by atoms with Crippen LogP contribution in [0.2, 0.25) is 0 Å². The number of carbonyl (C=O) groups is 1. The first-order valence-corrected chi connectivity index (χ1v) is 9.18. The van der Waals surface area contributed by atoms with Crippen molar-refractivity contribution in [2.24, 2.45) is 0 Å². The molecule has 4 rings (SSSR count). The number of pyridine rings is 1. The van der Waals surface area contributed by atoms with Gasteiger partial charge in [-0.1, -0.05) is 5.16 Å². The highest BCUT2D eigenvalue weighted by Crippen LogP contribution is 2.29. The Kier molecular flexibility index (Phi) is 5.20. The normalized spacial score (nSPS) is 14.8. The molecule has 0 radical (unpaired) electrons. The Morgan fingerprint density at radius 1 is 1.24 bits per heavy atom. The molecule has 3 heterocycles. The minimum absolute atomic E-state index is 0.00592. The van der Waals surface area contributed by atoms with Crippen LogP contribution in [0, 0.1) is 18.6 Å². The summed E-state index contributed by atoms with van der Waals surface area (Å²) < 4.78 is 37.5. The minimum atomic E-state index is -0.761.